The molecule has 10 nitrogen and oxygen atoms in total. The lowest BCUT2D eigenvalue weighted by atomic mass is 9.99. The number of nitrogen functional groups attached to an aromatic ring is 1. The Kier molecular flexibility index (Phi) is 12.9. The first-order valence-corrected chi connectivity index (χ1v) is 13.3. The number of hydrogen-bond acceptors (Lipinski definition) is 6. The van der Waals surface area contributed by atoms with Gasteiger partial charge in [-0.3, -0.25) is 10.2 Å². The number of carbonyl (C=O) groups is 3. The molecule has 0 unspecified atom stereocenters. The van der Waals surface area contributed by atoms with Crippen molar-refractivity contribution in [2.75, 3.05) is 6.54 Å². The number of carboxylic acids is 1. The van der Waals surface area contributed by atoms with E-state index in [0.717, 1.165) is 22.3 Å². The Morgan fingerprint density at radius 2 is 1.66 bits per heavy atom. The van der Waals surface area contributed by atoms with Crippen molar-refractivity contribution in [2.45, 2.75) is 45.0 Å². The lowest BCUT2D eigenvalue weighted by molar-refractivity contribution is -0.192. The molecule has 2 amide bonds. The summed E-state index contributed by atoms with van der Waals surface area (Å²) < 4.78 is 36.9. The summed E-state index contributed by atoms with van der Waals surface area (Å²) in [4.78, 5) is 34.1. The van der Waals surface area contributed by atoms with Gasteiger partial charge in [0, 0.05) is 18.5 Å². The first kappa shape index (κ1) is 34.8. The Hall–Kier alpha value is -5.38. The van der Waals surface area contributed by atoms with Gasteiger partial charge >= 0.3 is 18.2 Å². The zero-order valence-corrected chi connectivity index (χ0v) is 23.9. The summed E-state index contributed by atoms with van der Waals surface area (Å²) in [5.41, 5.74) is 10.4. The maximum atomic E-state index is 13.0. The number of hydrogen-bond donors (Lipinski definition) is 5. The van der Waals surface area contributed by atoms with Crippen molar-refractivity contribution < 1.29 is 37.4 Å². The predicted molar refractivity (Wildman–Crippen MR) is 157 cm³/mol. The third kappa shape index (κ3) is 11.5. The van der Waals surface area contributed by atoms with Gasteiger partial charge in [-0.25, -0.2) is 9.59 Å². The highest BCUT2D eigenvalue weighted by atomic mass is 19.4. The number of carboxylic acid groups (broad SMARTS) is 1. The van der Waals surface area contributed by atoms with E-state index in [1.807, 2.05) is 48.5 Å². The van der Waals surface area contributed by atoms with Crippen LogP contribution in [0.15, 0.2) is 72.8 Å². The van der Waals surface area contributed by atoms with E-state index < -0.39 is 24.3 Å². The monoisotopic (exact) mass is 611 g/mol. The molecular weight excluding hydrogens is 579 g/mol. The fraction of sp³-hybridized carbons (Fsp3) is 0.258. The van der Waals surface area contributed by atoms with Crippen LogP contribution >= 0.6 is 0 Å². The second kappa shape index (κ2) is 16.3. The van der Waals surface area contributed by atoms with Gasteiger partial charge < -0.3 is 26.2 Å². The quantitative estimate of drug-likeness (QED) is 0.165. The summed E-state index contributed by atoms with van der Waals surface area (Å²) in [5, 5.41) is 29.6. The molecule has 44 heavy (non-hydrogen) atoms. The smallest absolute Gasteiger partial charge is 0.475 e. The SMILES string of the molecule is CC(C)OC(=O)N[C@@H](Cc1cccc(C(=N)N)c1)C(=O)NCCc1ccc(-c2ccccc2C#N)cc1.O=C(O)C(F)(F)F. The molecule has 232 valence electrons. The minimum absolute atomic E-state index is 0.0721. The maximum absolute atomic E-state index is 13.0. The topological polar surface area (TPSA) is 178 Å². The number of nitrogens with two attached hydrogens (primary N) is 1. The summed E-state index contributed by atoms with van der Waals surface area (Å²) in [7, 11) is 0. The molecule has 0 radical (unpaired) electrons. The number of amidine groups is 1. The number of aliphatic carboxylic acids is 1. The minimum atomic E-state index is -5.08. The molecule has 3 aromatic carbocycles. The number of nitrogens with one attached hydrogen (secondary N) is 3. The first-order valence-electron chi connectivity index (χ1n) is 13.3. The fourth-order valence-electron chi connectivity index (χ4n) is 3.84. The fourth-order valence-corrected chi connectivity index (χ4v) is 3.84. The van der Waals surface area contributed by atoms with E-state index >= 15 is 0 Å². The van der Waals surface area contributed by atoms with Gasteiger partial charge in [-0.15, -0.1) is 0 Å². The van der Waals surface area contributed by atoms with Gasteiger partial charge in [0.15, 0.2) is 0 Å². The van der Waals surface area contributed by atoms with Gasteiger partial charge in [0.25, 0.3) is 0 Å². The van der Waals surface area contributed by atoms with E-state index in [2.05, 4.69) is 16.7 Å². The molecule has 0 heterocycles. The number of alkyl halides is 3. The van der Waals surface area contributed by atoms with E-state index in [1.54, 1.807) is 38.1 Å². The summed E-state index contributed by atoms with van der Waals surface area (Å²) in [5.74, 6) is -3.17. The van der Waals surface area contributed by atoms with Crippen molar-refractivity contribution in [3.8, 4) is 17.2 Å². The van der Waals surface area contributed by atoms with Crippen molar-refractivity contribution in [2.24, 2.45) is 5.73 Å². The number of halogens is 3. The number of nitrogens with zero attached hydrogens (tertiary/aromatic N) is 1. The van der Waals surface area contributed by atoms with Gasteiger partial charge in [-0.2, -0.15) is 18.4 Å². The lowest BCUT2D eigenvalue weighted by Crippen LogP contribution is -2.49. The van der Waals surface area contributed by atoms with Crippen LogP contribution in [0.3, 0.4) is 0 Å². The third-order valence-electron chi connectivity index (χ3n) is 5.90. The molecule has 13 heteroatoms. The van der Waals surface area contributed by atoms with Crippen LogP contribution in [-0.2, 0) is 27.2 Å². The van der Waals surface area contributed by atoms with Gasteiger partial charge in [-0.05, 0) is 54.7 Å². The van der Waals surface area contributed by atoms with E-state index in [1.165, 1.54) is 0 Å². The molecule has 3 rings (SSSR count). The molecule has 0 aromatic heterocycles. The standard InChI is InChI=1S/C29H31N5O3.C2HF3O2/c1-19(2)37-29(36)34-26(17-21-6-5-8-23(16-21)27(31)32)28(35)33-15-14-20-10-12-22(13-11-20)25-9-4-3-7-24(25)18-30;3-2(4,5)1(6)7/h3-13,16,19,26H,14-15,17H2,1-2H3,(H3,31,32)(H,33,35)(H,34,36);(H,6,7)/t26-;/m0./s1. The van der Waals surface area contributed by atoms with Crippen molar-refractivity contribution in [3.63, 3.8) is 0 Å². The first-order chi connectivity index (χ1) is 20.7. The average Bonchev–Trinajstić information content (AvgIpc) is 2.96. The summed E-state index contributed by atoms with van der Waals surface area (Å²) in [6.45, 7) is 3.84. The number of ether oxygens (including phenoxy) is 1. The zero-order valence-electron chi connectivity index (χ0n) is 23.9. The highest BCUT2D eigenvalue weighted by molar-refractivity contribution is 5.95. The highest BCUT2D eigenvalue weighted by Crippen LogP contribution is 2.23. The Bertz CT molecular complexity index is 1500. The Labute approximate surface area is 252 Å². The summed E-state index contributed by atoms with van der Waals surface area (Å²) in [6, 6.07) is 23.7. The molecule has 3 aromatic rings. The van der Waals surface area contributed by atoms with Crippen molar-refractivity contribution in [3.05, 3.63) is 95.1 Å². The van der Waals surface area contributed by atoms with Crippen LogP contribution in [0, 0.1) is 16.7 Å². The molecule has 0 saturated heterocycles. The lowest BCUT2D eigenvalue weighted by Gasteiger charge is -2.20. The second-order valence-corrected chi connectivity index (χ2v) is 9.67. The minimum Gasteiger partial charge on any atom is -0.475 e. The Morgan fingerprint density at radius 3 is 2.23 bits per heavy atom. The van der Waals surface area contributed by atoms with Crippen LogP contribution in [0.4, 0.5) is 18.0 Å². The van der Waals surface area contributed by atoms with E-state index in [-0.39, 0.29) is 24.3 Å². The van der Waals surface area contributed by atoms with E-state index in [9.17, 15) is 28.0 Å². The molecule has 0 fully saturated rings. The maximum Gasteiger partial charge on any atom is 0.490 e. The van der Waals surface area contributed by atoms with Crippen molar-refractivity contribution >= 4 is 23.8 Å². The largest absolute Gasteiger partial charge is 0.490 e. The summed E-state index contributed by atoms with van der Waals surface area (Å²) >= 11 is 0. The zero-order chi connectivity index (χ0) is 32.9. The van der Waals surface area contributed by atoms with Gasteiger partial charge in [-0.1, -0.05) is 60.7 Å². The van der Waals surface area contributed by atoms with Gasteiger partial charge in [0.1, 0.15) is 11.9 Å². The number of alkyl carbamates (subject to hydrolysis) is 1. The molecule has 0 aliphatic heterocycles. The van der Waals surface area contributed by atoms with Crippen LogP contribution in [0.2, 0.25) is 0 Å². The predicted octanol–water partition coefficient (Wildman–Crippen LogP) is 4.55. The molecule has 1 atom stereocenters. The molecule has 0 spiro atoms. The Morgan fingerprint density at radius 1 is 1.02 bits per heavy atom. The van der Waals surface area contributed by atoms with E-state index in [4.69, 9.17) is 25.8 Å². The van der Waals surface area contributed by atoms with Crippen LogP contribution in [0.5, 0.6) is 0 Å². The van der Waals surface area contributed by atoms with Gasteiger partial charge in [0.2, 0.25) is 5.91 Å². The summed E-state index contributed by atoms with van der Waals surface area (Å²) in [6.07, 6.45) is -5.28. The van der Waals surface area contributed by atoms with Crippen molar-refractivity contribution in [1.29, 1.82) is 10.7 Å². The molecule has 0 saturated carbocycles. The molecule has 0 aliphatic carbocycles. The molecule has 0 bridgehead atoms. The van der Waals surface area contributed by atoms with Crippen LogP contribution < -0.4 is 16.4 Å². The Balaban J connectivity index is 0.000000860. The van der Waals surface area contributed by atoms with Crippen LogP contribution in [-0.4, -0.2) is 53.8 Å². The number of rotatable bonds is 10. The van der Waals surface area contributed by atoms with Crippen LogP contribution in [0.1, 0.15) is 36.1 Å². The third-order valence-corrected chi connectivity index (χ3v) is 5.90. The van der Waals surface area contributed by atoms with Crippen molar-refractivity contribution in [1.82, 2.24) is 10.6 Å². The highest BCUT2D eigenvalue weighted by Gasteiger charge is 2.38. The average molecular weight is 612 g/mol. The number of nitriles is 1. The molecule has 6 N–H and O–H groups in total. The number of benzene rings is 3. The number of carbonyl (C=O) groups excluding carboxylic acids is 2. The molecule has 0 aliphatic rings. The van der Waals surface area contributed by atoms with Crippen LogP contribution in [0.25, 0.3) is 11.1 Å². The van der Waals surface area contributed by atoms with E-state index in [0.29, 0.717) is 24.1 Å². The van der Waals surface area contributed by atoms with Gasteiger partial charge in [0.05, 0.1) is 17.7 Å². The second-order valence-electron chi connectivity index (χ2n) is 9.67. The molecular formula is C31H32F3N5O5. The number of amides is 2. The normalized spacial score (nSPS) is 11.3.